The summed E-state index contributed by atoms with van der Waals surface area (Å²) in [5, 5.41) is 2.95. The van der Waals surface area contributed by atoms with E-state index < -0.39 is 6.04 Å². The van der Waals surface area contributed by atoms with Crippen LogP contribution in [0.1, 0.15) is 49.8 Å². The molecule has 6 nitrogen and oxygen atoms in total. The zero-order valence-electron chi connectivity index (χ0n) is 18.6. The molecule has 0 aromatic heterocycles. The molecule has 0 spiro atoms. The molecule has 2 aromatic carbocycles. The first-order chi connectivity index (χ1) is 15.0. The van der Waals surface area contributed by atoms with Crippen molar-refractivity contribution < 1.29 is 19.1 Å². The van der Waals surface area contributed by atoms with E-state index in [-0.39, 0.29) is 18.6 Å². The fraction of sp³-hybridized carbons (Fsp3) is 0.440. The number of fused-ring (bicyclic) bond motifs is 1. The molecular formula is C25H32N2O4. The van der Waals surface area contributed by atoms with E-state index in [0.29, 0.717) is 38.1 Å². The molecule has 0 aliphatic carbocycles. The molecule has 3 rings (SSSR count). The zero-order chi connectivity index (χ0) is 22.2. The number of carbonyl (C=O) groups excluding carboxylic acids is 2. The predicted octanol–water partition coefficient (Wildman–Crippen LogP) is 3.99. The molecule has 166 valence electrons. The number of amides is 2. The quantitative estimate of drug-likeness (QED) is 0.626. The summed E-state index contributed by atoms with van der Waals surface area (Å²) >= 11 is 0. The lowest BCUT2D eigenvalue weighted by atomic mass is 10.0. The molecule has 1 atom stereocenters. The number of ether oxygens (including phenoxy) is 2. The molecule has 0 fully saturated rings. The monoisotopic (exact) mass is 424 g/mol. The Balaban J connectivity index is 1.74. The fourth-order valence-corrected chi connectivity index (χ4v) is 3.78. The first-order valence-electron chi connectivity index (χ1n) is 11.0. The molecule has 0 radical (unpaired) electrons. The third kappa shape index (κ3) is 6.00. The maximum atomic E-state index is 13.3. The molecule has 6 heteroatoms. The van der Waals surface area contributed by atoms with Gasteiger partial charge in [0.25, 0.3) is 0 Å². The third-order valence-electron chi connectivity index (χ3n) is 5.44. The molecule has 2 amide bonds. The molecular weight excluding hydrogens is 392 g/mol. The Kier molecular flexibility index (Phi) is 7.93. The summed E-state index contributed by atoms with van der Waals surface area (Å²) in [6.45, 7) is 7.25. The Bertz CT molecular complexity index is 912. The lowest BCUT2D eigenvalue weighted by Gasteiger charge is -2.31. The number of nitrogens with one attached hydrogen (secondary N) is 1. The second-order valence-corrected chi connectivity index (χ2v) is 7.91. The van der Waals surface area contributed by atoms with Crippen LogP contribution >= 0.6 is 0 Å². The van der Waals surface area contributed by atoms with E-state index in [4.69, 9.17) is 9.47 Å². The first kappa shape index (κ1) is 22.7. The molecule has 1 aliphatic rings. The van der Waals surface area contributed by atoms with Gasteiger partial charge in [-0.1, -0.05) is 49.7 Å². The molecule has 0 saturated heterocycles. The van der Waals surface area contributed by atoms with Gasteiger partial charge in [0.1, 0.15) is 6.04 Å². The van der Waals surface area contributed by atoms with Gasteiger partial charge in [-0.15, -0.1) is 0 Å². The number of hydrogen-bond donors (Lipinski definition) is 1. The van der Waals surface area contributed by atoms with Gasteiger partial charge in [0.2, 0.25) is 18.6 Å². The van der Waals surface area contributed by atoms with Gasteiger partial charge in [-0.05, 0) is 49.4 Å². The summed E-state index contributed by atoms with van der Waals surface area (Å²) in [5.74, 6) is 1.33. The molecule has 0 saturated carbocycles. The largest absolute Gasteiger partial charge is 0.454 e. The van der Waals surface area contributed by atoms with Gasteiger partial charge in [-0.3, -0.25) is 9.59 Å². The first-order valence-corrected chi connectivity index (χ1v) is 11.0. The second-order valence-electron chi connectivity index (χ2n) is 7.91. The lowest BCUT2D eigenvalue weighted by Crippen LogP contribution is -2.49. The zero-order valence-corrected chi connectivity index (χ0v) is 18.6. The highest BCUT2D eigenvalue weighted by atomic mass is 16.7. The Labute approximate surface area is 184 Å². The average Bonchev–Trinajstić information content (AvgIpc) is 3.23. The minimum Gasteiger partial charge on any atom is -0.454 e. The van der Waals surface area contributed by atoms with Crippen molar-refractivity contribution >= 4 is 11.8 Å². The van der Waals surface area contributed by atoms with Crippen LogP contribution in [0.15, 0.2) is 42.5 Å². The minimum absolute atomic E-state index is 0.0299. The second kappa shape index (κ2) is 10.8. The summed E-state index contributed by atoms with van der Waals surface area (Å²) in [5.41, 5.74) is 3.17. The van der Waals surface area contributed by atoms with Crippen molar-refractivity contribution in [1.82, 2.24) is 10.2 Å². The van der Waals surface area contributed by atoms with Crippen LogP contribution in [-0.4, -0.2) is 36.1 Å². The lowest BCUT2D eigenvalue weighted by molar-refractivity contribution is -0.141. The summed E-state index contributed by atoms with van der Waals surface area (Å²) in [6.07, 6.45) is 2.32. The normalized spacial score (nSPS) is 13.0. The van der Waals surface area contributed by atoms with E-state index in [2.05, 4.69) is 11.4 Å². The molecule has 2 aromatic rings. The standard InChI is InChI=1S/C25H32N2O4/c1-4-13-26-25(29)21(5-2)27(16-20-8-6-7-18(3)14-20)24(28)12-10-19-9-11-22-23(15-19)31-17-30-22/h6-9,11,14-15,21H,4-5,10,12-13,16-17H2,1-3H3,(H,26,29)/t21-/m0/s1. The van der Waals surface area contributed by atoms with Gasteiger partial charge in [0.15, 0.2) is 11.5 Å². The van der Waals surface area contributed by atoms with Crippen LogP contribution < -0.4 is 14.8 Å². The van der Waals surface area contributed by atoms with Crippen LogP contribution in [-0.2, 0) is 22.6 Å². The number of aryl methyl sites for hydroxylation is 2. The van der Waals surface area contributed by atoms with Gasteiger partial charge in [0, 0.05) is 19.5 Å². The van der Waals surface area contributed by atoms with Crippen molar-refractivity contribution in [1.29, 1.82) is 0 Å². The van der Waals surface area contributed by atoms with Crippen LogP contribution in [0.5, 0.6) is 11.5 Å². The number of nitrogens with zero attached hydrogens (tertiary/aromatic N) is 1. The minimum atomic E-state index is -0.490. The van der Waals surface area contributed by atoms with Crippen LogP contribution in [0.3, 0.4) is 0 Å². The summed E-state index contributed by atoms with van der Waals surface area (Å²) < 4.78 is 10.8. The predicted molar refractivity (Wildman–Crippen MR) is 120 cm³/mol. The fourth-order valence-electron chi connectivity index (χ4n) is 3.78. The summed E-state index contributed by atoms with van der Waals surface area (Å²) in [4.78, 5) is 27.8. The van der Waals surface area contributed by atoms with Crippen LogP contribution in [0, 0.1) is 6.92 Å². The van der Waals surface area contributed by atoms with Crippen LogP contribution in [0.4, 0.5) is 0 Å². The molecule has 0 unspecified atom stereocenters. The van der Waals surface area contributed by atoms with E-state index in [1.54, 1.807) is 4.90 Å². The van der Waals surface area contributed by atoms with Gasteiger partial charge in [0.05, 0.1) is 0 Å². The van der Waals surface area contributed by atoms with Gasteiger partial charge in [-0.25, -0.2) is 0 Å². The van der Waals surface area contributed by atoms with Gasteiger partial charge < -0.3 is 19.7 Å². The highest BCUT2D eigenvalue weighted by Crippen LogP contribution is 2.32. The average molecular weight is 425 g/mol. The Morgan fingerprint density at radius 3 is 2.61 bits per heavy atom. The van der Waals surface area contributed by atoms with E-state index in [0.717, 1.165) is 28.9 Å². The highest BCUT2D eigenvalue weighted by molar-refractivity contribution is 5.87. The Morgan fingerprint density at radius 1 is 1.06 bits per heavy atom. The molecule has 0 bridgehead atoms. The smallest absolute Gasteiger partial charge is 0.242 e. The van der Waals surface area contributed by atoms with Crippen molar-refractivity contribution in [3.63, 3.8) is 0 Å². The SMILES string of the molecule is CCCNC(=O)[C@H](CC)N(Cc1cccc(C)c1)C(=O)CCc1ccc2c(c1)OCO2. The van der Waals surface area contributed by atoms with Crippen LogP contribution in [0.2, 0.25) is 0 Å². The maximum Gasteiger partial charge on any atom is 0.242 e. The summed E-state index contributed by atoms with van der Waals surface area (Å²) in [6, 6.07) is 13.3. The van der Waals surface area contributed by atoms with E-state index in [1.165, 1.54) is 0 Å². The van der Waals surface area contributed by atoms with Crippen molar-refractivity contribution in [3.05, 3.63) is 59.2 Å². The van der Waals surface area contributed by atoms with E-state index in [9.17, 15) is 9.59 Å². The Morgan fingerprint density at radius 2 is 1.87 bits per heavy atom. The van der Waals surface area contributed by atoms with Crippen molar-refractivity contribution in [2.45, 2.75) is 59.0 Å². The molecule has 1 N–H and O–H groups in total. The van der Waals surface area contributed by atoms with Crippen molar-refractivity contribution in [3.8, 4) is 11.5 Å². The number of hydrogen-bond acceptors (Lipinski definition) is 4. The molecule has 31 heavy (non-hydrogen) atoms. The Hall–Kier alpha value is -3.02. The van der Waals surface area contributed by atoms with Gasteiger partial charge in [-0.2, -0.15) is 0 Å². The van der Waals surface area contributed by atoms with Crippen LogP contribution in [0.25, 0.3) is 0 Å². The third-order valence-corrected chi connectivity index (χ3v) is 5.44. The topological polar surface area (TPSA) is 67.9 Å². The molecule has 1 heterocycles. The van der Waals surface area contributed by atoms with Crippen molar-refractivity contribution in [2.75, 3.05) is 13.3 Å². The highest BCUT2D eigenvalue weighted by Gasteiger charge is 2.28. The van der Waals surface area contributed by atoms with E-state index >= 15 is 0 Å². The number of rotatable bonds is 10. The van der Waals surface area contributed by atoms with Crippen molar-refractivity contribution in [2.24, 2.45) is 0 Å². The van der Waals surface area contributed by atoms with E-state index in [1.807, 2.05) is 57.2 Å². The number of benzene rings is 2. The maximum absolute atomic E-state index is 13.3. The number of carbonyl (C=O) groups is 2. The van der Waals surface area contributed by atoms with Gasteiger partial charge >= 0.3 is 0 Å². The summed E-state index contributed by atoms with van der Waals surface area (Å²) in [7, 11) is 0. The molecule has 1 aliphatic heterocycles.